The van der Waals surface area contributed by atoms with E-state index in [1.807, 2.05) is 0 Å². The molecule has 0 radical (unpaired) electrons. The summed E-state index contributed by atoms with van der Waals surface area (Å²) in [7, 11) is -2.19. The van der Waals surface area contributed by atoms with Crippen molar-refractivity contribution in [2.45, 2.75) is 4.90 Å². The molecule has 0 aliphatic rings. The first-order valence-electron chi connectivity index (χ1n) is 5.44. The fraction of sp³-hybridized carbons (Fsp3) is 0.0833. The molecule has 1 aromatic carbocycles. The second-order valence-corrected chi connectivity index (χ2v) is 5.58. The lowest BCUT2D eigenvalue weighted by Crippen LogP contribution is -2.18. The molecule has 0 atom stereocenters. The standard InChI is InChI=1S/C12H13N3O3S/c1-14-19(16,17)10-4-5-11(13)12(7-10)18-9-3-2-6-15-8-9/h2-8,14H,13H2,1H3. The molecule has 100 valence electrons. The van der Waals surface area contributed by atoms with E-state index in [2.05, 4.69) is 9.71 Å². The van der Waals surface area contributed by atoms with Crippen molar-refractivity contribution in [1.29, 1.82) is 0 Å². The minimum atomic E-state index is -3.53. The van der Waals surface area contributed by atoms with Gasteiger partial charge < -0.3 is 10.5 Å². The molecule has 0 saturated heterocycles. The van der Waals surface area contributed by atoms with Gasteiger partial charge in [0, 0.05) is 12.3 Å². The summed E-state index contributed by atoms with van der Waals surface area (Å²) in [5.41, 5.74) is 6.11. The Morgan fingerprint density at radius 2 is 2.11 bits per heavy atom. The normalized spacial score (nSPS) is 11.2. The third kappa shape index (κ3) is 3.01. The summed E-state index contributed by atoms with van der Waals surface area (Å²) in [5.74, 6) is 0.748. The number of nitrogens with two attached hydrogens (primary N) is 1. The SMILES string of the molecule is CNS(=O)(=O)c1ccc(N)c(Oc2cccnc2)c1. The molecule has 6 nitrogen and oxygen atoms in total. The van der Waals surface area contributed by atoms with E-state index >= 15 is 0 Å². The molecule has 0 bridgehead atoms. The number of benzene rings is 1. The van der Waals surface area contributed by atoms with E-state index in [1.165, 1.54) is 31.4 Å². The predicted octanol–water partition coefficient (Wildman–Crippen LogP) is 1.36. The fourth-order valence-corrected chi connectivity index (χ4v) is 2.17. The van der Waals surface area contributed by atoms with Crippen molar-refractivity contribution in [1.82, 2.24) is 9.71 Å². The van der Waals surface area contributed by atoms with Gasteiger partial charge in [0.2, 0.25) is 10.0 Å². The maximum absolute atomic E-state index is 11.7. The molecule has 1 aromatic heterocycles. The summed E-state index contributed by atoms with van der Waals surface area (Å²) in [6, 6.07) is 7.67. The Balaban J connectivity index is 2.38. The van der Waals surface area contributed by atoms with Crippen LogP contribution in [0.2, 0.25) is 0 Å². The number of hydrogen-bond acceptors (Lipinski definition) is 5. The molecule has 19 heavy (non-hydrogen) atoms. The highest BCUT2D eigenvalue weighted by Crippen LogP contribution is 2.29. The predicted molar refractivity (Wildman–Crippen MR) is 71.4 cm³/mol. The van der Waals surface area contributed by atoms with Crippen LogP contribution < -0.4 is 15.2 Å². The molecule has 0 unspecified atom stereocenters. The summed E-state index contributed by atoms with van der Waals surface area (Å²) in [6.07, 6.45) is 3.12. The maximum atomic E-state index is 11.7. The molecule has 2 rings (SSSR count). The number of ether oxygens (including phenoxy) is 1. The van der Waals surface area contributed by atoms with Crippen molar-refractivity contribution in [3.8, 4) is 11.5 Å². The second kappa shape index (κ2) is 5.25. The van der Waals surface area contributed by atoms with E-state index in [0.29, 0.717) is 11.4 Å². The summed E-state index contributed by atoms with van der Waals surface area (Å²) >= 11 is 0. The summed E-state index contributed by atoms with van der Waals surface area (Å²) in [6.45, 7) is 0. The molecule has 2 aromatic rings. The topological polar surface area (TPSA) is 94.3 Å². The van der Waals surface area contributed by atoms with E-state index in [4.69, 9.17) is 10.5 Å². The summed E-state index contributed by atoms with van der Waals surface area (Å²) in [4.78, 5) is 3.99. The average Bonchev–Trinajstić information content (AvgIpc) is 2.42. The molecule has 3 N–H and O–H groups in total. The van der Waals surface area contributed by atoms with Crippen LogP contribution in [0.1, 0.15) is 0 Å². The van der Waals surface area contributed by atoms with Crippen molar-refractivity contribution < 1.29 is 13.2 Å². The van der Waals surface area contributed by atoms with Crippen molar-refractivity contribution in [2.75, 3.05) is 12.8 Å². The third-order valence-corrected chi connectivity index (χ3v) is 3.84. The van der Waals surface area contributed by atoms with Crippen molar-refractivity contribution in [3.63, 3.8) is 0 Å². The molecule has 1 heterocycles. The van der Waals surface area contributed by atoms with E-state index in [-0.39, 0.29) is 10.6 Å². The Morgan fingerprint density at radius 3 is 2.74 bits per heavy atom. The Kier molecular flexibility index (Phi) is 3.68. The lowest BCUT2D eigenvalue weighted by Gasteiger charge is -2.10. The molecule has 0 aliphatic carbocycles. The first-order valence-corrected chi connectivity index (χ1v) is 6.92. The van der Waals surface area contributed by atoms with Crippen LogP contribution in [0.25, 0.3) is 0 Å². The van der Waals surface area contributed by atoms with E-state index in [9.17, 15) is 8.42 Å². The van der Waals surface area contributed by atoms with Crippen LogP contribution >= 0.6 is 0 Å². The van der Waals surface area contributed by atoms with Crippen LogP contribution in [0.3, 0.4) is 0 Å². The molecule has 0 fully saturated rings. The Labute approximate surface area is 111 Å². The molecule has 0 saturated carbocycles. The highest BCUT2D eigenvalue weighted by atomic mass is 32.2. The highest BCUT2D eigenvalue weighted by Gasteiger charge is 2.14. The van der Waals surface area contributed by atoms with Gasteiger partial charge in [-0.1, -0.05) is 0 Å². The number of rotatable bonds is 4. The van der Waals surface area contributed by atoms with Gasteiger partial charge in [0.25, 0.3) is 0 Å². The molecule has 0 amide bonds. The number of nitrogen functional groups attached to an aromatic ring is 1. The Bertz CT molecular complexity index is 672. The van der Waals surface area contributed by atoms with Crippen LogP contribution in [0.5, 0.6) is 11.5 Å². The minimum absolute atomic E-state index is 0.0862. The molecule has 0 spiro atoms. The lowest BCUT2D eigenvalue weighted by molar-refractivity contribution is 0.480. The summed E-state index contributed by atoms with van der Waals surface area (Å²) < 4.78 is 31.1. The number of hydrogen-bond donors (Lipinski definition) is 2. The zero-order valence-electron chi connectivity index (χ0n) is 10.2. The molecule has 0 aliphatic heterocycles. The van der Waals surface area contributed by atoms with E-state index < -0.39 is 10.0 Å². The summed E-state index contributed by atoms with van der Waals surface area (Å²) in [5, 5.41) is 0. The van der Waals surface area contributed by atoms with Gasteiger partial charge in [0.05, 0.1) is 16.8 Å². The van der Waals surface area contributed by atoms with E-state index in [0.717, 1.165) is 0 Å². The van der Waals surface area contributed by atoms with Gasteiger partial charge in [-0.3, -0.25) is 4.98 Å². The number of aromatic nitrogens is 1. The Hall–Kier alpha value is -2.12. The highest BCUT2D eigenvalue weighted by molar-refractivity contribution is 7.89. The van der Waals surface area contributed by atoms with Crippen LogP contribution in [0.15, 0.2) is 47.6 Å². The van der Waals surface area contributed by atoms with Crippen LogP contribution in [0, 0.1) is 0 Å². The number of pyridine rings is 1. The number of nitrogens with zero attached hydrogens (tertiary/aromatic N) is 1. The van der Waals surface area contributed by atoms with E-state index in [1.54, 1.807) is 18.3 Å². The van der Waals surface area contributed by atoms with Crippen LogP contribution in [-0.2, 0) is 10.0 Å². The molecular weight excluding hydrogens is 266 g/mol. The molecule has 7 heteroatoms. The van der Waals surface area contributed by atoms with Gasteiger partial charge in [-0.05, 0) is 31.3 Å². The van der Waals surface area contributed by atoms with Crippen molar-refractivity contribution in [3.05, 3.63) is 42.7 Å². The Morgan fingerprint density at radius 1 is 1.32 bits per heavy atom. The zero-order chi connectivity index (χ0) is 13.9. The van der Waals surface area contributed by atoms with Gasteiger partial charge in [0.15, 0.2) is 5.75 Å². The van der Waals surface area contributed by atoms with Gasteiger partial charge in [-0.25, -0.2) is 13.1 Å². The second-order valence-electron chi connectivity index (χ2n) is 3.70. The van der Waals surface area contributed by atoms with Gasteiger partial charge >= 0.3 is 0 Å². The quantitative estimate of drug-likeness (QED) is 0.824. The largest absolute Gasteiger partial charge is 0.454 e. The smallest absolute Gasteiger partial charge is 0.240 e. The fourth-order valence-electron chi connectivity index (χ4n) is 1.42. The monoisotopic (exact) mass is 279 g/mol. The number of sulfonamides is 1. The molecular formula is C12H13N3O3S. The van der Waals surface area contributed by atoms with Crippen molar-refractivity contribution in [2.24, 2.45) is 0 Å². The average molecular weight is 279 g/mol. The lowest BCUT2D eigenvalue weighted by atomic mass is 10.3. The first kappa shape index (κ1) is 13.3. The number of nitrogens with one attached hydrogen (secondary N) is 1. The number of anilines is 1. The van der Waals surface area contributed by atoms with Gasteiger partial charge in [0.1, 0.15) is 5.75 Å². The maximum Gasteiger partial charge on any atom is 0.240 e. The third-order valence-electron chi connectivity index (χ3n) is 2.43. The zero-order valence-corrected chi connectivity index (χ0v) is 11.0. The first-order chi connectivity index (χ1) is 9.03. The van der Waals surface area contributed by atoms with Gasteiger partial charge in [-0.2, -0.15) is 0 Å². The minimum Gasteiger partial charge on any atom is -0.454 e. The van der Waals surface area contributed by atoms with Crippen molar-refractivity contribution >= 4 is 15.7 Å². The van der Waals surface area contributed by atoms with Gasteiger partial charge in [-0.15, -0.1) is 0 Å². The van der Waals surface area contributed by atoms with Crippen LogP contribution in [0.4, 0.5) is 5.69 Å². The van der Waals surface area contributed by atoms with Crippen LogP contribution in [-0.4, -0.2) is 20.4 Å².